The number of nitrogens with zero attached hydrogens (tertiary/aromatic N) is 1. The number of nitrogens with one attached hydrogen (secondary N) is 1. The maximum absolute atomic E-state index is 11.8. The summed E-state index contributed by atoms with van der Waals surface area (Å²) in [6.07, 6.45) is 0.130. The van der Waals surface area contributed by atoms with Gasteiger partial charge < -0.3 is 14.6 Å². The van der Waals surface area contributed by atoms with Gasteiger partial charge in [0.15, 0.2) is 0 Å². The lowest BCUT2D eigenvalue weighted by atomic mass is 10.3. The van der Waals surface area contributed by atoms with Crippen molar-refractivity contribution in [3.05, 3.63) is 21.9 Å². The van der Waals surface area contributed by atoms with Crippen molar-refractivity contribution in [3.63, 3.8) is 0 Å². The third kappa shape index (κ3) is 3.65. The van der Waals surface area contributed by atoms with Gasteiger partial charge in [-0.05, 0) is 13.0 Å². The maximum atomic E-state index is 11.8. The lowest BCUT2D eigenvalue weighted by molar-refractivity contribution is -0.142. The van der Waals surface area contributed by atoms with E-state index in [2.05, 4.69) is 5.32 Å². The van der Waals surface area contributed by atoms with Gasteiger partial charge in [-0.15, -0.1) is 0 Å². The summed E-state index contributed by atoms with van der Waals surface area (Å²) in [6.45, 7) is 2.26. The molecule has 18 heavy (non-hydrogen) atoms. The highest BCUT2D eigenvalue weighted by Gasteiger charge is 2.15. The Labute approximate surface area is 115 Å². The van der Waals surface area contributed by atoms with E-state index in [0.29, 0.717) is 22.5 Å². The molecule has 1 rings (SSSR count). The molecule has 0 radical (unpaired) electrons. The third-order valence-corrected chi connectivity index (χ3v) is 3.11. The monoisotopic (exact) mass is 292 g/mol. The molecule has 1 amide bonds. The number of hydrogen-bond acceptors (Lipinski definition) is 3. The molecule has 0 atom stereocenters. The van der Waals surface area contributed by atoms with Crippen LogP contribution in [0, 0.1) is 0 Å². The lowest BCUT2D eigenvalue weighted by Gasteiger charge is -2.06. The summed E-state index contributed by atoms with van der Waals surface area (Å²) in [4.78, 5) is 22.8. The first-order valence-electron chi connectivity index (χ1n) is 5.42. The molecule has 1 heterocycles. The van der Waals surface area contributed by atoms with Gasteiger partial charge in [-0.25, -0.2) is 0 Å². The van der Waals surface area contributed by atoms with Crippen LogP contribution in [0.3, 0.4) is 0 Å². The SMILES string of the molecule is CCOC(=O)CCNC(=O)c1cc(Cl)c(Cl)n1C. The van der Waals surface area contributed by atoms with Crippen LogP contribution in [0.25, 0.3) is 0 Å². The van der Waals surface area contributed by atoms with Crippen LogP contribution in [0.2, 0.25) is 10.2 Å². The van der Waals surface area contributed by atoms with Crippen LogP contribution in [0.4, 0.5) is 0 Å². The van der Waals surface area contributed by atoms with Crippen LogP contribution >= 0.6 is 23.2 Å². The Morgan fingerprint density at radius 1 is 1.44 bits per heavy atom. The third-order valence-electron chi connectivity index (χ3n) is 2.27. The molecule has 0 unspecified atom stereocenters. The number of hydrogen-bond donors (Lipinski definition) is 1. The second-order valence-corrected chi connectivity index (χ2v) is 4.30. The molecule has 100 valence electrons. The first-order valence-corrected chi connectivity index (χ1v) is 6.17. The van der Waals surface area contributed by atoms with Gasteiger partial charge >= 0.3 is 5.97 Å². The zero-order chi connectivity index (χ0) is 13.7. The molecule has 7 heteroatoms. The highest BCUT2D eigenvalue weighted by atomic mass is 35.5. The molecule has 0 fully saturated rings. The van der Waals surface area contributed by atoms with E-state index < -0.39 is 0 Å². The number of carbonyl (C=O) groups excluding carboxylic acids is 2. The number of esters is 1. The smallest absolute Gasteiger partial charge is 0.307 e. The van der Waals surface area contributed by atoms with Crippen LogP contribution < -0.4 is 5.32 Å². The van der Waals surface area contributed by atoms with Crippen molar-refractivity contribution in [2.75, 3.05) is 13.2 Å². The molecule has 1 aromatic rings. The molecule has 0 saturated carbocycles. The number of ether oxygens (including phenoxy) is 1. The summed E-state index contributed by atoms with van der Waals surface area (Å²) < 4.78 is 6.21. The van der Waals surface area contributed by atoms with E-state index in [9.17, 15) is 9.59 Å². The van der Waals surface area contributed by atoms with Crippen LogP contribution in [-0.4, -0.2) is 29.6 Å². The Morgan fingerprint density at radius 3 is 2.61 bits per heavy atom. The van der Waals surface area contributed by atoms with Crippen molar-refractivity contribution in [2.24, 2.45) is 7.05 Å². The van der Waals surface area contributed by atoms with E-state index in [1.165, 1.54) is 10.6 Å². The average Bonchev–Trinajstić information content (AvgIpc) is 2.57. The fourth-order valence-corrected chi connectivity index (χ4v) is 1.74. The number of halogens is 2. The topological polar surface area (TPSA) is 60.3 Å². The molecule has 1 N–H and O–H groups in total. The summed E-state index contributed by atoms with van der Waals surface area (Å²) in [6, 6.07) is 1.48. The second kappa shape index (κ2) is 6.66. The van der Waals surface area contributed by atoms with Gasteiger partial charge in [0.1, 0.15) is 10.8 Å². The van der Waals surface area contributed by atoms with Gasteiger partial charge in [-0.1, -0.05) is 23.2 Å². The van der Waals surface area contributed by atoms with Crippen molar-refractivity contribution < 1.29 is 14.3 Å². The van der Waals surface area contributed by atoms with E-state index in [1.807, 2.05) is 0 Å². The summed E-state index contributed by atoms with van der Waals surface area (Å²) in [5.74, 6) is -0.684. The predicted octanol–water partition coefficient (Wildman–Crippen LogP) is 2.01. The highest BCUT2D eigenvalue weighted by Crippen LogP contribution is 2.24. The van der Waals surface area contributed by atoms with E-state index >= 15 is 0 Å². The first-order chi connectivity index (χ1) is 8.47. The normalized spacial score (nSPS) is 10.2. The zero-order valence-corrected chi connectivity index (χ0v) is 11.6. The summed E-state index contributed by atoms with van der Waals surface area (Å²) in [5, 5.41) is 3.20. The van der Waals surface area contributed by atoms with E-state index in [-0.39, 0.29) is 24.8 Å². The Hall–Kier alpha value is -1.20. The van der Waals surface area contributed by atoms with Crippen LogP contribution in [-0.2, 0) is 16.6 Å². The van der Waals surface area contributed by atoms with Gasteiger partial charge in [0.2, 0.25) is 0 Å². The predicted molar refractivity (Wildman–Crippen MR) is 69.0 cm³/mol. The fourth-order valence-electron chi connectivity index (χ4n) is 1.36. The van der Waals surface area contributed by atoms with Gasteiger partial charge in [0.25, 0.3) is 5.91 Å². The molecule has 5 nitrogen and oxygen atoms in total. The maximum Gasteiger partial charge on any atom is 0.307 e. The van der Waals surface area contributed by atoms with Gasteiger partial charge in [-0.3, -0.25) is 9.59 Å². The highest BCUT2D eigenvalue weighted by molar-refractivity contribution is 6.41. The Kier molecular flexibility index (Phi) is 5.50. The van der Waals surface area contributed by atoms with Crippen molar-refractivity contribution in [2.45, 2.75) is 13.3 Å². The van der Waals surface area contributed by atoms with Gasteiger partial charge in [0, 0.05) is 13.6 Å². The molecule has 0 aromatic carbocycles. The number of rotatable bonds is 5. The van der Waals surface area contributed by atoms with E-state index in [1.54, 1.807) is 14.0 Å². The first kappa shape index (κ1) is 14.9. The Balaban J connectivity index is 2.51. The number of amides is 1. The molecule has 0 saturated heterocycles. The van der Waals surface area contributed by atoms with Crippen molar-refractivity contribution in [3.8, 4) is 0 Å². The molecule has 0 aliphatic carbocycles. The molecular formula is C11H14Cl2N2O3. The minimum absolute atomic E-state index is 0.130. The Bertz CT molecular complexity index is 457. The quantitative estimate of drug-likeness (QED) is 0.845. The van der Waals surface area contributed by atoms with Gasteiger partial charge in [-0.2, -0.15) is 0 Å². The standard InChI is InChI=1S/C11H14Cl2N2O3/c1-3-18-9(16)4-5-14-11(17)8-6-7(12)10(13)15(8)2/h6H,3-5H2,1-2H3,(H,14,17). The fraction of sp³-hybridized carbons (Fsp3) is 0.455. The summed E-state index contributed by atoms with van der Waals surface area (Å²) >= 11 is 11.6. The molecule has 1 aromatic heterocycles. The van der Waals surface area contributed by atoms with E-state index in [0.717, 1.165) is 0 Å². The number of aromatic nitrogens is 1. The molecule has 0 aliphatic rings. The lowest BCUT2D eigenvalue weighted by Crippen LogP contribution is -2.28. The molecule has 0 bridgehead atoms. The average molecular weight is 293 g/mol. The number of carbonyl (C=O) groups is 2. The molecule has 0 spiro atoms. The Morgan fingerprint density at radius 2 is 2.11 bits per heavy atom. The summed E-state index contributed by atoms with van der Waals surface area (Å²) in [5.41, 5.74) is 0.342. The minimum atomic E-state index is -0.347. The second-order valence-electron chi connectivity index (χ2n) is 3.54. The van der Waals surface area contributed by atoms with Gasteiger partial charge in [0.05, 0.1) is 18.1 Å². The van der Waals surface area contributed by atoms with Crippen LogP contribution in [0.15, 0.2) is 6.07 Å². The minimum Gasteiger partial charge on any atom is -0.466 e. The molecule has 0 aliphatic heterocycles. The van der Waals surface area contributed by atoms with Crippen molar-refractivity contribution >= 4 is 35.1 Å². The zero-order valence-electron chi connectivity index (χ0n) is 10.1. The summed E-state index contributed by atoms with van der Waals surface area (Å²) in [7, 11) is 1.63. The van der Waals surface area contributed by atoms with Crippen molar-refractivity contribution in [1.82, 2.24) is 9.88 Å². The van der Waals surface area contributed by atoms with E-state index in [4.69, 9.17) is 27.9 Å². The molecular weight excluding hydrogens is 279 g/mol. The van der Waals surface area contributed by atoms with Crippen LogP contribution in [0.1, 0.15) is 23.8 Å². The van der Waals surface area contributed by atoms with Crippen LogP contribution in [0.5, 0.6) is 0 Å². The largest absolute Gasteiger partial charge is 0.466 e. The van der Waals surface area contributed by atoms with Crippen molar-refractivity contribution in [1.29, 1.82) is 0 Å².